The molecule has 2 nitrogen and oxygen atoms in total. The summed E-state index contributed by atoms with van der Waals surface area (Å²) in [6, 6.07) is 3.97. The number of aryl methyl sites for hydroxylation is 1. The van der Waals surface area contributed by atoms with E-state index in [1.54, 1.807) is 0 Å². The van der Waals surface area contributed by atoms with Gasteiger partial charge in [0.1, 0.15) is 0 Å². The van der Waals surface area contributed by atoms with Crippen LogP contribution in [0.5, 0.6) is 0 Å². The third kappa shape index (κ3) is 1.14. The average Bonchev–Trinajstić information content (AvgIpc) is 2.87. The molecular weight excluding hydrogens is 196 g/mol. The summed E-state index contributed by atoms with van der Waals surface area (Å²) in [6.45, 7) is 2.05. The summed E-state index contributed by atoms with van der Waals surface area (Å²) in [5.74, 6) is 0.679. The van der Waals surface area contributed by atoms with Crippen LogP contribution in [0.25, 0.3) is 5.52 Å². The summed E-state index contributed by atoms with van der Waals surface area (Å²) in [5, 5.41) is 0.803. The summed E-state index contributed by atoms with van der Waals surface area (Å²) in [7, 11) is 0. The largest absolute Gasteiger partial charge is 0.303 e. The molecule has 2 aromatic heterocycles. The fourth-order valence-corrected chi connectivity index (χ4v) is 2.17. The van der Waals surface area contributed by atoms with E-state index in [4.69, 9.17) is 11.6 Å². The Bertz CT molecular complexity index is 497. The molecule has 0 saturated heterocycles. The van der Waals surface area contributed by atoms with Gasteiger partial charge in [0, 0.05) is 16.6 Å². The van der Waals surface area contributed by atoms with Gasteiger partial charge in [0.2, 0.25) is 0 Å². The second kappa shape index (κ2) is 2.74. The van der Waals surface area contributed by atoms with Crippen molar-refractivity contribution in [3.8, 4) is 0 Å². The van der Waals surface area contributed by atoms with Crippen LogP contribution in [0, 0.1) is 6.92 Å². The van der Waals surface area contributed by atoms with E-state index in [1.165, 1.54) is 24.1 Å². The lowest BCUT2D eigenvalue weighted by atomic mass is 10.2. The number of hydrogen-bond donors (Lipinski definition) is 0. The molecule has 0 aliphatic heterocycles. The first-order chi connectivity index (χ1) is 6.75. The summed E-state index contributed by atoms with van der Waals surface area (Å²) in [4.78, 5) is 4.46. The third-order valence-electron chi connectivity index (χ3n) is 2.80. The first-order valence-corrected chi connectivity index (χ1v) is 5.26. The maximum atomic E-state index is 6.04. The van der Waals surface area contributed by atoms with Crippen LogP contribution in [0.3, 0.4) is 0 Å². The molecule has 0 atom stereocenters. The average molecular weight is 207 g/mol. The number of halogens is 1. The molecule has 0 radical (unpaired) electrons. The van der Waals surface area contributed by atoms with Crippen molar-refractivity contribution in [2.24, 2.45) is 0 Å². The van der Waals surface area contributed by atoms with Gasteiger partial charge in [-0.1, -0.05) is 11.6 Å². The van der Waals surface area contributed by atoms with Crippen LogP contribution in [0.1, 0.15) is 30.1 Å². The molecular formula is C11H11ClN2. The van der Waals surface area contributed by atoms with Crippen LogP contribution in [0.2, 0.25) is 5.02 Å². The highest BCUT2D eigenvalue weighted by atomic mass is 35.5. The van der Waals surface area contributed by atoms with E-state index in [2.05, 4.69) is 16.3 Å². The van der Waals surface area contributed by atoms with Gasteiger partial charge in [-0.05, 0) is 31.9 Å². The SMILES string of the molecule is Cc1cc(Cl)cc2c(C3CC3)ncn12. The lowest BCUT2D eigenvalue weighted by Gasteiger charge is -2.01. The van der Waals surface area contributed by atoms with Crippen LogP contribution < -0.4 is 0 Å². The van der Waals surface area contributed by atoms with Crippen molar-refractivity contribution in [2.45, 2.75) is 25.7 Å². The van der Waals surface area contributed by atoms with Gasteiger partial charge >= 0.3 is 0 Å². The fraction of sp³-hybridized carbons (Fsp3) is 0.364. The van der Waals surface area contributed by atoms with Crippen molar-refractivity contribution < 1.29 is 0 Å². The second-order valence-electron chi connectivity index (χ2n) is 3.97. The van der Waals surface area contributed by atoms with Gasteiger partial charge in [-0.3, -0.25) is 0 Å². The molecule has 2 aromatic rings. The molecule has 1 fully saturated rings. The number of pyridine rings is 1. The minimum absolute atomic E-state index is 0.679. The molecule has 0 aromatic carbocycles. The van der Waals surface area contributed by atoms with E-state index in [9.17, 15) is 0 Å². The zero-order chi connectivity index (χ0) is 9.71. The molecule has 0 amide bonds. The number of rotatable bonds is 1. The number of fused-ring (bicyclic) bond motifs is 1. The van der Waals surface area contributed by atoms with E-state index in [0.717, 1.165) is 10.7 Å². The standard InChI is InChI=1S/C11H11ClN2/c1-7-4-9(12)5-10-11(8-2-3-8)13-6-14(7)10/h4-6,8H,2-3H2,1H3. The Morgan fingerprint density at radius 2 is 2.21 bits per heavy atom. The van der Waals surface area contributed by atoms with E-state index in [0.29, 0.717) is 5.92 Å². The molecule has 2 heterocycles. The molecule has 0 bridgehead atoms. The van der Waals surface area contributed by atoms with Crippen molar-refractivity contribution in [3.05, 3.63) is 34.9 Å². The summed E-state index contributed by atoms with van der Waals surface area (Å²) in [6.07, 6.45) is 4.45. The molecule has 3 heteroatoms. The molecule has 14 heavy (non-hydrogen) atoms. The Labute approximate surface area is 87.5 Å². The molecule has 1 saturated carbocycles. The smallest absolute Gasteiger partial charge is 0.0997 e. The molecule has 3 rings (SSSR count). The predicted octanol–water partition coefficient (Wildman–Crippen LogP) is 3.17. The van der Waals surface area contributed by atoms with Gasteiger partial charge in [0.25, 0.3) is 0 Å². The van der Waals surface area contributed by atoms with Gasteiger partial charge in [0.05, 0.1) is 17.5 Å². The summed E-state index contributed by atoms with van der Waals surface area (Å²) >= 11 is 6.04. The Balaban J connectivity index is 2.33. The number of aromatic nitrogens is 2. The van der Waals surface area contributed by atoms with Crippen LogP contribution in [0.15, 0.2) is 18.5 Å². The van der Waals surface area contributed by atoms with E-state index in [-0.39, 0.29) is 0 Å². The maximum Gasteiger partial charge on any atom is 0.0997 e. The van der Waals surface area contributed by atoms with Crippen LogP contribution in [-0.2, 0) is 0 Å². The molecule has 1 aliphatic rings. The van der Waals surface area contributed by atoms with Gasteiger partial charge in [0.15, 0.2) is 0 Å². The predicted molar refractivity (Wildman–Crippen MR) is 56.9 cm³/mol. The second-order valence-corrected chi connectivity index (χ2v) is 4.41. The van der Waals surface area contributed by atoms with Crippen molar-refractivity contribution in [3.63, 3.8) is 0 Å². The maximum absolute atomic E-state index is 6.04. The van der Waals surface area contributed by atoms with E-state index >= 15 is 0 Å². The number of nitrogens with zero attached hydrogens (tertiary/aromatic N) is 2. The van der Waals surface area contributed by atoms with Crippen molar-refractivity contribution in [1.82, 2.24) is 9.38 Å². The number of hydrogen-bond acceptors (Lipinski definition) is 1. The first kappa shape index (κ1) is 8.30. The molecule has 1 aliphatic carbocycles. The zero-order valence-corrected chi connectivity index (χ0v) is 8.75. The normalized spacial score (nSPS) is 16.4. The Kier molecular flexibility index (Phi) is 1.62. The van der Waals surface area contributed by atoms with Crippen LogP contribution in [-0.4, -0.2) is 9.38 Å². The molecule has 0 unspecified atom stereocenters. The minimum Gasteiger partial charge on any atom is -0.303 e. The van der Waals surface area contributed by atoms with Crippen molar-refractivity contribution in [1.29, 1.82) is 0 Å². The van der Waals surface area contributed by atoms with Crippen molar-refractivity contribution >= 4 is 17.1 Å². The highest BCUT2D eigenvalue weighted by Gasteiger charge is 2.27. The first-order valence-electron chi connectivity index (χ1n) is 4.89. The fourth-order valence-electron chi connectivity index (χ4n) is 1.91. The third-order valence-corrected chi connectivity index (χ3v) is 3.02. The number of imidazole rings is 1. The summed E-state index contributed by atoms with van der Waals surface area (Å²) in [5.41, 5.74) is 3.54. The highest BCUT2D eigenvalue weighted by Crippen LogP contribution is 2.41. The van der Waals surface area contributed by atoms with Gasteiger partial charge in [-0.2, -0.15) is 0 Å². The Hall–Kier alpha value is -1.02. The Morgan fingerprint density at radius 3 is 2.93 bits per heavy atom. The molecule has 72 valence electrons. The molecule has 0 N–H and O–H groups in total. The monoisotopic (exact) mass is 206 g/mol. The quantitative estimate of drug-likeness (QED) is 0.701. The lowest BCUT2D eigenvalue weighted by Crippen LogP contribution is -1.89. The lowest BCUT2D eigenvalue weighted by molar-refractivity contribution is 1.06. The van der Waals surface area contributed by atoms with Crippen LogP contribution >= 0.6 is 11.6 Å². The van der Waals surface area contributed by atoms with E-state index < -0.39 is 0 Å². The minimum atomic E-state index is 0.679. The Morgan fingerprint density at radius 1 is 1.43 bits per heavy atom. The van der Waals surface area contributed by atoms with Gasteiger partial charge in [-0.15, -0.1) is 0 Å². The van der Waals surface area contributed by atoms with E-state index in [1.807, 2.05) is 18.5 Å². The zero-order valence-electron chi connectivity index (χ0n) is 8.00. The van der Waals surface area contributed by atoms with Gasteiger partial charge < -0.3 is 4.40 Å². The topological polar surface area (TPSA) is 17.3 Å². The highest BCUT2D eigenvalue weighted by molar-refractivity contribution is 6.31. The molecule has 0 spiro atoms. The van der Waals surface area contributed by atoms with Crippen LogP contribution in [0.4, 0.5) is 0 Å². The van der Waals surface area contributed by atoms with Gasteiger partial charge in [-0.25, -0.2) is 4.98 Å². The van der Waals surface area contributed by atoms with Crippen molar-refractivity contribution in [2.75, 3.05) is 0 Å². The summed E-state index contributed by atoms with van der Waals surface area (Å²) < 4.78 is 2.11.